The van der Waals surface area contributed by atoms with Gasteiger partial charge in [0.25, 0.3) is 0 Å². The smallest absolute Gasteiger partial charge is 0.223 e. The molecule has 4 heteroatoms. The Morgan fingerprint density at radius 3 is 2.95 bits per heavy atom. The van der Waals surface area contributed by atoms with E-state index in [2.05, 4.69) is 18.3 Å². The molecule has 1 aromatic rings. The van der Waals surface area contributed by atoms with Crippen molar-refractivity contribution in [3.05, 3.63) is 29.3 Å². The van der Waals surface area contributed by atoms with E-state index in [4.69, 9.17) is 10.5 Å². The number of rotatable bonds is 7. The van der Waals surface area contributed by atoms with Gasteiger partial charge in [-0.15, -0.1) is 0 Å². The average Bonchev–Trinajstić information content (AvgIpc) is 3.00. The van der Waals surface area contributed by atoms with Crippen LogP contribution in [-0.2, 0) is 11.3 Å². The Bertz CT molecular complexity index is 502. The number of aryl methyl sites for hydroxylation is 1. The molecule has 3 N–H and O–H groups in total. The van der Waals surface area contributed by atoms with Crippen molar-refractivity contribution in [2.24, 2.45) is 17.6 Å². The summed E-state index contributed by atoms with van der Waals surface area (Å²) in [6.45, 7) is 5.96. The fraction of sp³-hybridized carbons (Fsp3) is 0.611. The predicted octanol–water partition coefficient (Wildman–Crippen LogP) is 2.78. The minimum Gasteiger partial charge on any atom is -0.493 e. The highest BCUT2D eigenvalue weighted by Crippen LogP contribution is 2.31. The van der Waals surface area contributed by atoms with Crippen molar-refractivity contribution in [2.45, 2.75) is 46.1 Å². The molecule has 0 heterocycles. The van der Waals surface area contributed by atoms with Gasteiger partial charge in [0.05, 0.1) is 6.61 Å². The van der Waals surface area contributed by atoms with E-state index in [0.29, 0.717) is 25.6 Å². The highest BCUT2D eigenvalue weighted by Gasteiger charge is 2.31. The number of hydrogen-bond donors (Lipinski definition) is 2. The molecule has 0 bridgehead atoms. The van der Waals surface area contributed by atoms with Gasteiger partial charge in [0.15, 0.2) is 0 Å². The molecule has 1 aliphatic carbocycles. The summed E-state index contributed by atoms with van der Waals surface area (Å²) in [6.07, 6.45) is 4.11. The van der Waals surface area contributed by atoms with E-state index in [1.54, 1.807) is 0 Å². The number of carbonyl (C=O) groups is 1. The van der Waals surface area contributed by atoms with Crippen LogP contribution in [0.25, 0.3) is 0 Å². The zero-order valence-corrected chi connectivity index (χ0v) is 13.7. The molecule has 1 saturated carbocycles. The van der Waals surface area contributed by atoms with Crippen LogP contribution >= 0.6 is 0 Å². The molecule has 122 valence electrons. The van der Waals surface area contributed by atoms with E-state index in [9.17, 15) is 4.79 Å². The molecule has 0 aliphatic heterocycles. The van der Waals surface area contributed by atoms with E-state index in [1.165, 1.54) is 5.56 Å². The maximum absolute atomic E-state index is 12.4. The van der Waals surface area contributed by atoms with Gasteiger partial charge in [-0.1, -0.05) is 25.5 Å². The van der Waals surface area contributed by atoms with Gasteiger partial charge in [0.1, 0.15) is 5.75 Å². The van der Waals surface area contributed by atoms with Gasteiger partial charge in [0.2, 0.25) is 5.91 Å². The van der Waals surface area contributed by atoms with Crippen LogP contribution in [0.1, 0.15) is 43.7 Å². The molecule has 0 radical (unpaired) electrons. The third-order valence-corrected chi connectivity index (χ3v) is 4.44. The van der Waals surface area contributed by atoms with E-state index in [1.807, 2.05) is 19.1 Å². The number of hydrogen-bond acceptors (Lipinski definition) is 3. The molecule has 1 aromatic carbocycles. The fourth-order valence-corrected chi connectivity index (χ4v) is 3.13. The molecular weight excluding hydrogens is 276 g/mol. The summed E-state index contributed by atoms with van der Waals surface area (Å²) in [5.41, 5.74) is 7.97. The first-order valence-electron chi connectivity index (χ1n) is 8.35. The van der Waals surface area contributed by atoms with E-state index >= 15 is 0 Å². The van der Waals surface area contributed by atoms with Gasteiger partial charge in [-0.3, -0.25) is 4.79 Å². The SMILES string of the molecule is CCCOc1cc(C)ccc1CNC(=O)[C@@H]1CCC[C@@H]1CN. The molecule has 0 spiro atoms. The summed E-state index contributed by atoms with van der Waals surface area (Å²) in [5, 5.41) is 3.07. The third-order valence-electron chi connectivity index (χ3n) is 4.44. The number of nitrogens with one attached hydrogen (secondary N) is 1. The van der Waals surface area contributed by atoms with Crippen LogP contribution in [0.2, 0.25) is 0 Å². The second-order valence-electron chi connectivity index (χ2n) is 6.21. The summed E-state index contributed by atoms with van der Waals surface area (Å²) in [7, 11) is 0. The highest BCUT2D eigenvalue weighted by atomic mass is 16.5. The van der Waals surface area contributed by atoms with Crippen molar-refractivity contribution in [1.29, 1.82) is 0 Å². The maximum atomic E-state index is 12.4. The molecule has 0 saturated heterocycles. The van der Waals surface area contributed by atoms with Crippen molar-refractivity contribution in [1.82, 2.24) is 5.32 Å². The molecule has 2 rings (SSSR count). The first-order valence-corrected chi connectivity index (χ1v) is 8.35. The average molecular weight is 304 g/mol. The van der Waals surface area contributed by atoms with Crippen LogP contribution in [0.15, 0.2) is 18.2 Å². The van der Waals surface area contributed by atoms with Crippen LogP contribution in [0.4, 0.5) is 0 Å². The summed E-state index contributed by atoms with van der Waals surface area (Å²) in [5.74, 6) is 1.43. The van der Waals surface area contributed by atoms with Gasteiger partial charge < -0.3 is 15.8 Å². The molecule has 0 aromatic heterocycles. The van der Waals surface area contributed by atoms with E-state index < -0.39 is 0 Å². The van der Waals surface area contributed by atoms with Crippen LogP contribution in [0, 0.1) is 18.8 Å². The van der Waals surface area contributed by atoms with Crippen molar-refractivity contribution in [2.75, 3.05) is 13.2 Å². The first-order chi connectivity index (χ1) is 10.7. The lowest BCUT2D eigenvalue weighted by Crippen LogP contribution is -2.34. The Kier molecular flexibility index (Phi) is 6.25. The Morgan fingerprint density at radius 2 is 2.23 bits per heavy atom. The monoisotopic (exact) mass is 304 g/mol. The van der Waals surface area contributed by atoms with E-state index in [0.717, 1.165) is 37.0 Å². The quantitative estimate of drug-likeness (QED) is 0.814. The lowest BCUT2D eigenvalue weighted by atomic mass is 9.95. The van der Waals surface area contributed by atoms with Crippen molar-refractivity contribution in [3.63, 3.8) is 0 Å². The lowest BCUT2D eigenvalue weighted by molar-refractivity contribution is -0.126. The van der Waals surface area contributed by atoms with Gasteiger partial charge in [-0.05, 0) is 50.3 Å². The maximum Gasteiger partial charge on any atom is 0.223 e. The zero-order valence-electron chi connectivity index (χ0n) is 13.7. The van der Waals surface area contributed by atoms with Crippen molar-refractivity contribution >= 4 is 5.91 Å². The Labute approximate surface area is 133 Å². The summed E-state index contributed by atoms with van der Waals surface area (Å²) < 4.78 is 5.80. The molecule has 1 fully saturated rings. The zero-order chi connectivity index (χ0) is 15.9. The Balaban J connectivity index is 1.97. The first kappa shape index (κ1) is 16.8. The van der Waals surface area contributed by atoms with Crippen LogP contribution in [-0.4, -0.2) is 19.1 Å². The largest absolute Gasteiger partial charge is 0.493 e. The van der Waals surface area contributed by atoms with Gasteiger partial charge in [-0.2, -0.15) is 0 Å². The molecule has 0 unspecified atom stereocenters. The number of benzene rings is 1. The summed E-state index contributed by atoms with van der Waals surface area (Å²) in [6, 6.07) is 6.13. The van der Waals surface area contributed by atoms with Gasteiger partial charge >= 0.3 is 0 Å². The van der Waals surface area contributed by atoms with Gasteiger partial charge in [0, 0.05) is 18.0 Å². The molecule has 22 heavy (non-hydrogen) atoms. The van der Waals surface area contributed by atoms with Crippen LogP contribution in [0.5, 0.6) is 5.75 Å². The molecule has 1 amide bonds. The number of amides is 1. The molecule has 1 aliphatic rings. The van der Waals surface area contributed by atoms with Crippen molar-refractivity contribution in [3.8, 4) is 5.75 Å². The molecule has 4 nitrogen and oxygen atoms in total. The summed E-state index contributed by atoms with van der Waals surface area (Å²) in [4.78, 5) is 12.4. The number of nitrogens with two attached hydrogens (primary N) is 1. The Morgan fingerprint density at radius 1 is 1.41 bits per heavy atom. The van der Waals surface area contributed by atoms with Crippen LogP contribution in [0.3, 0.4) is 0 Å². The van der Waals surface area contributed by atoms with E-state index in [-0.39, 0.29) is 11.8 Å². The topological polar surface area (TPSA) is 64.3 Å². The molecule has 2 atom stereocenters. The third kappa shape index (κ3) is 4.23. The van der Waals surface area contributed by atoms with Crippen LogP contribution < -0.4 is 15.8 Å². The summed E-state index contributed by atoms with van der Waals surface area (Å²) >= 11 is 0. The lowest BCUT2D eigenvalue weighted by Gasteiger charge is -2.18. The van der Waals surface area contributed by atoms with Gasteiger partial charge in [-0.25, -0.2) is 0 Å². The number of carbonyl (C=O) groups excluding carboxylic acids is 1. The highest BCUT2D eigenvalue weighted by molar-refractivity contribution is 5.79. The fourth-order valence-electron chi connectivity index (χ4n) is 3.13. The number of ether oxygens (including phenoxy) is 1. The second kappa shape index (κ2) is 8.18. The standard InChI is InChI=1S/C18H28N2O2/c1-3-9-22-17-10-13(2)7-8-15(17)12-20-18(21)16-6-4-5-14(16)11-19/h7-8,10,14,16H,3-6,9,11-12,19H2,1-2H3,(H,20,21)/t14-,16-/m1/s1. The molecular formula is C18H28N2O2. The minimum absolute atomic E-state index is 0.0791. The Hall–Kier alpha value is -1.55. The second-order valence-corrected chi connectivity index (χ2v) is 6.21. The predicted molar refractivity (Wildman–Crippen MR) is 88.7 cm³/mol. The van der Waals surface area contributed by atoms with Crippen molar-refractivity contribution < 1.29 is 9.53 Å². The minimum atomic E-state index is 0.0791. The normalized spacial score (nSPS) is 20.9.